The third-order valence-electron chi connectivity index (χ3n) is 5.76. The summed E-state index contributed by atoms with van der Waals surface area (Å²) in [5.74, 6) is -1.19. The fraction of sp³-hybridized carbons (Fsp3) is 0.333. The van der Waals surface area contributed by atoms with Gasteiger partial charge in [-0.1, -0.05) is 19.1 Å². The van der Waals surface area contributed by atoms with Crippen LogP contribution in [0.4, 0.5) is 23.2 Å². The van der Waals surface area contributed by atoms with Gasteiger partial charge in [-0.25, -0.2) is 4.39 Å². The van der Waals surface area contributed by atoms with Gasteiger partial charge in [0.25, 0.3) is 5.56 Å². The number of hydrogen-bond donors (Lipinski definition) is 2. The fourth-order valence-corrected chi connectivity index (χ4v) is 3.87. The number of rotatable bonds is 7. The van der Waals surface area contributed by atoms with Gasteiger partial charge in [-0.05, 0) is 55.5 Å². The smallest absolute Gasteiger partial charge is 0.422 e. The molecule has 3 aromatic rings. The summed E-state index contributed by atoms with van der Waals surface area (Å²) in [5, 5.41) is 11.3. The Bertz CT molecular complexity index is 1240. The van der Waals surface area contributed by atoms with Gasteiger partial charge in [0.05, 0.1) is 12.8 Å². The van der Waals surface area contributed by atoms with Crippen LogP contribution in [0.25, 0.3) is 10.8 Å². The molecule has 0 fully saturated rings. The quantitative estimate of drug-likeness (QED) is 0.355. The van der Waals surface area contributed by atoms with E-state index in [9.17, 15) is 27.5 Å². The van der Waals surface area contributed by atoms with Crippen molar-refractivity contribution in [3.63, 3.8) is 0 Å². The highest BCUT2D eigenvalue weighted by atomic mass is 19.4. The van der Waals surface area contributed by atoms with Crippen molar-refractivity contribution in [3.05, 3.63) is 69.9 Å². The van der Waals surface area contributed by atoms with Crippen molar-refractivity contribution in [1.29, 1.82) is 0 Å². The van der Waals surface area contributed by atoms with Crippen LogP contribution in [0.5, 0.6) is 5.75 Å². The summed E-state index contributed by atoms with van der Waals surface area (Å²) in [7, 11) is 1.32. The van der Waals surface area contributed by atoms with E-state index in [1.54, 1.807) is 6.92 Å². The number of nitrogens with zero attached hydrogens (tertiary/aromatic N) is 1. The Kier molecular flexibility index (Phi) is 6.92. The van der Waals surface area contributed by atoms with Gasteiger partial charge >= 0.3 is 6.18 Å². The molecule has 0 radical (unpaired) electrons. The predicted molar refractivity (Wildman–Crippen MR) is 119 cm³/mol. The number of hydrogen-bond acceptors (Lipinski definition) is 4. The predicted octanol–water partition coefficient (Wildman–Crippen LogP) is 5.56. The third kappa shape index (κ3) is 4.78. The summed E-state index contributed by atoms with van der Waals surface area (Å²) in [6, 6.07) is 8.55. The molecule has 3 rings (SSSR count). The molecule has 1 aromatic heterocycles. The highest BCUT2D eigenvalue weighted by Gasteiger charge is 2.53. The van der Waals surface area contributed by atoms with Crippen molar-refractivity contribution < 1.29 is 27.4 Å². The van der Waals surface area contributed by atoms with Gasteiger partial charge in [0.1, 0.15) is 11.6 Å². The molecule has 0 bridgehead atoms. The van der Waals surface area contributed by atoms with E-state index in [1.807, 2.05) is 0 Å². The van der Waals surface area contributed by atoms with Crippen molar-refractivity contribution in [3.8, 4) is 5.75 Å². The minimum Gasteiger partial charge on any atom is -0.496 e. The number of nitrogens with one attached hydrogen (secondary N) is 1. The topological polar surface area (TPSA) is 74.7 Å². The number of ether oxygens (including phenoxy) is 1. The number of aromatic amines is 1. The molecule has 9 heteroatoms. The van der Waals surface area contributed by atoms with Crippen LogP contribution in [0.1, 0.15) is 36.8 Å². The number of aromatic nitrogens is 1. The first kappa shape index (κ1) is 24.4. The van der Waals surface area contributed by atoms with Crippen LogP contribution in [-0.4, -0.2) is 35.2 Å². The lowest BCUT2D eigenvalue weighted by Crippen LogP contribution is -2.47. The molecule has 2 N–H and O–H groups in total. The first-order valence-electron chi connectivity index (χ1n) is 10.3. The molecule has 0 aliphatic carbocycles. The molecule has 0 aliphatic heterocycles. The second kappa shape index (κ2) is 9.35. The standard InChI is InChI=1S/C24H24F4N2O3/c1-4-15(16-8-9-19(25)14(2)21(16)33-3)12-23(32,24(26,27)28)13-30-20-7-5-6-18-17(20)10-11-29-22(18)31/h5-11,13,15,32H,4,12H2,1-3H3,(H,29,31)/t15-,23+/m1/s1. The molecule has 0 saturated heterocycles. The van der Waals surface area contributed by atoms with Gasteiger partial charge in [-0.15, -0.1) is 0 Å². The molecule has 2 aromatic carbocycles. The van der Waals surface area contributed by atoms with Crippen LogP contribution in [-0.2, 0) is 0 Å². The Morgan fingerprint density at radius 2 is 1.91 bits per heavy atom. The molecule has 0 amide bonds. The van der Waals surface area contributed by atoms with Crippen molar-refractivity contribution in [2.75, 3.05) is 7.11 Å². The van der Waals surface area contributed by atoms with Crippen LogP contribution >= 0.6 is 0 Å². The number of halogens is 4. The Hall–Kier alpha value is -3.20. The SMILES string of the molecule is CC[C@H](C[C@](O)(C=Nc1cccc2c(=O)[nH]ccc12)C(F)(F)F)c1ccc(F)c(C)c1OC. The van der Waals surface area contributed by atoms with Crippen LogP contribution in [0.15, 0.2) is 52.4 Å². The minimum atomic E-state index is -5.03. The number of aliphatic hydroxyl groups is 1. The third-order valence-corrected chi connectivity index (χ3v) is 5.76. The van der Waals surface area contributed by atoms with Gasteiger partial charge in [-0.3, -0.25) is 9.79 Å². The first-order valence-corrected chi connectivity index (χ1v) is 10.3. The molecule has 2 atom stereocenters. The van der Waals surface area contributed by atoms with Crippen LogP contribution in [0.2, 0.25) is 0 Å². The molecular formula is C24H24F4N2O3. The van der Waals surface area contributed by atoms with Gasteiger partial charge in [0.2, 0.25) is 0 Å². The van der Waals surface area contributed by atoms with Gasteiger partial charge < -0.3 is 14.8 Å². The van der Waals surface area contributed by atoms with Crippen molar-refractivity contribution >= 4 is 22.7 Å². The fourth-order valence-electron chi connectivity index (χ4n) is 3.87. The molecule has 0 unspecified atom stereocenters. The van der Waals surface area contributed by atoms with Crippen LogP contribution < -0.4 is 10.3 Å². The average Bonchev–Trinajstić information content (AvgIpc) is 2.77. The van der Waals surface area contributed by atoms with Crippen LogP contribution in [0.3, 0.4) is 0 Å². The number of H-pyrrole nitrogens is 1. The van der Waals surface area contributed by atoms with Crippen molar-refractivity contribution in [2.24, 2.45) is 4.99 Å². The number of fused-ring (bicyclic) bond motifs is 1. The van der Waals surface area contributed by atoms with E-state index in [0.717, 1.165) is 0 Å². The number of alkyl halides is 3. The summed E-state index contributed by atoms with van der Waals surface area (Å²) in [5.41, 5.74) is -3.01. The summed E-state index contributed by atoms with van der Waals surface area (Å²) in [4.78, 5) is 18.4. The first-order chi connectivity index (χ1) is 15.5. The normalized spacial score (nSPS) is 15.0. The lowest BCUT2D eigenvalue weighted by Gasteiger charge is -2.31. The zero-order valence-electron chi connectivity index (χ0n) is 18.3. The number of benzene rings is 2. The van der Waals surface area contributed by atoms with E-state index >= 15 is 0 Å². The van der Waals surface area contributed by atoms with E-state index in [0.29, 0.717) is 17.2 Å². The number of methoxy groups -OCH3 is 1. The Morgan fingerprint density at radius 1 is 1.18 bits per heavy atom. The maximum atomic E-state index is 14.0. The molecule has 0 spiro atoms. The van der Waals surface area contributed by atoms with E-state index in [2.05, 4.69) is 9.98 Å². The van der Waals surface area contributed by atoms with Crippen molar-refractivity contribution in [1.82, 2.24) is 4.98 Å². The maximum Gasteiger partial charge on any atom is 0.422 e. The molecule has 176 valence electrons. The summed E-state index contributed by atoms with van der Waals surface area (Å²) in [6.45, 7) is 3.15. The minimum absolute atomic E-state index is 0.115. The highest BCUT2D eigenvalue weighted by Crippen LogP contribution is 2.42. The number of pyridine rings is 1. The van der Waals surface area contributed by atoms with Gasteiger partial charge in [-0.2, -0.15) is 13.2 Å². The number of aliphatic imine (C=N–C) groups is 1. The summed E-state index contributed by atoms with van der Waals surface area (Å²) in [6.07, 6.45) is -3.71. The van der Waals surface area contributed by atoms with E-state index in [-0.39, 0.29) is 28.8 Å². The lowest BCUT2D eigenvalue weighted by atomic mass is 9.83. The van der Waals surface area contributed by atoms with Crippen molar-refractivity contribution in [2.45, 2.75) is 44.4 Å². The molecule has 0 saturated carbocycles. The lowest BCUT2D eigenvalue weighted by molar-refractivity contribution is -0.232. The van der Waals surface area contributed by atoms with E-state index in [4.69, 9.17) is 4.74 Å². The second-order valence-corrected chi connectivity index (χ2v) is 7.83. The molecule has 1 heterocycles. The maximum absolute atomic E-state index is 14.0. The van der Waals surface area contributed by atoms with Gasteiger partial charge in [0, 0.05) is 28.7 Å². The highest BCUT2D eigenvalue weighted by molar-refractivity contribution is 5.93. The Balaban J connectivity index is 2.05. The Labute approximate surface area is 187 Å². The summed E-state index contributed by atoms with van der Waals surface area (Å²) < 4.78 is 61.3. The Morgan fingerprint density at radius 3 is 2.55 bits per heavy atom. The molecular weight excluding hydrogens is 440 g/mol. The zero-order chi connectivity index (χ0) is 24.4. The average molecular weight is 464 g/mol. The second-order valence-electron chi connectivity index (χ2n) is 7.83. The van der Waals surface area contributed by atoms with Gasteiger partial charge in [0.15, 0.2) is 5.60 Å². The zero-order valence-corrected chi connectivity index (χ0v) is 18.3. The van der Waals surface area contributed by atoms with Crippen LogP contribution in [0, 0.1) is 12.7 Å². The van der Waals surface area contributed by atoms with E-state index in [1.165, 1.54) is 56.6 Å². The largest absolute Gasteiger partial charge is 0.496 e. The van der Waals surface area contributed by atoms with E-state index < -0.39 is 35.5 Å². The molecule has 0 aliphatic rings. The molecule has 5 nitrogen and oxygen atoms in total. The monoisotopic (exact) mass is 464 g/mol. The summed E-state index contributed by atoms with van der Waals surface area (Å²) >= 11 is 0. The molecule has 33 heavy (non-hydrogen) atoms.